The van der Waals surface area contributed by atoms with Gasteiger partial charge in [-0.05, 0) is 44.0 Å². The summed E-state index contributed by atoms with van der Waals surface area (Å²) in [7, 11) is 0. The van der Waals surface area contributed by atoms with Gasteiger partial charge in [0.2, 0.25) is 5.91 Å². The van der Waals surface area contributed by atoms with Crippen molar-refractivity contribution < 1.29 is 9.18 Å². The van der Waals surface area contributed by atoms with Crippen molar-refractivity contribution >= 4 is 34.8 Å². The molecule has 2 atom stereocenters. The van der Waals surface area contributed by atoms with Crippen LogP contribution in [0.3, 0.4) is 0 Å². The molecule has 1 aromatic heterocycles. The molecular weight excluding hydrogens is 445 g/mol. The van der Waals surface area contributed by atoms with Crippen LogP contribution >= 0.6 is 11.6 Å². The van der Waals surface area contributed by atoms with Crippen LogP contribution in [-0.4, -0.2) is 46.5 Å². The normalized spacial score (nSPS) is 21.7. The quantitative estimate of drug-likeness (QED) is 0.467. The maximum absolute atomic E-state index is 13.6. The molecule has 1 unspecified atom stereocenters. The molecule has 172 valence electrons. The summed E-state index contributed by atoms with van der Waals surface area (Å²) in [4.78, 5) is 22.6. The molecule has 4 N–H and O–H groups in total. The molecule has 3 heterocycles. The number of hydrazine groups is 1. The standard InChI is InChI=1S/C23H25ClFN7O/c1-3-19(33)31-11-4-6-16(13-31)32-22-20(21(26)28-14-29-22)23(2,30-32)9-5-10-27-15-7-8-17(24)18(25)12-15/h3,7-8,12,14,16,27,30H,1,4,6,10-11,13H2,2H3,(H2,26,28,29)/t16-,23?/m1/s1. The zero-order chi connectivity index (χ0) is 23.6. The van der Waals surface area contributed by atoms with E-state index in [4.69, 9.17) is 17.3 Å². The lowest BCUT2D eigenvalue weighted by Crippen LogP contribution is -2.55. The minimum atomic E-state index is -0.835. The summed E-state index contributed by atoms with van der Waals surface area (Å²) in [6.45, 7) is 7.02. The van der Waals surface area contributed by atoms with Crippen LogP contribution in [0.1, 0.15) is 25.3 Å². The van der Waals surface area contributed by atoms with E-state index in [9.17, 15) is 9.18 Å². The van der Waals surface area contributed by atoms with E-state index in [1.165, 1.54) is 24.5 Å². The smallest absolute Gasteiger partial charge is 0.246 e. The van der Waals surface area contributed by atoms with Gasteiger partial charge in [0.1, 0.15) is 23.5 Å². The number of anilines is 3. The van der Waals surface area contributed by atoms with Crippen LogP contribution in [0.25, 0.3) is 0 Å². The minimum Gasteiger partial charge on any atom is -0.383 e. The monoisotopic (exact) mass is 469 g/mol. The molecule has 0 radical (unpaired) electrons. The van der Waals surface area contributed by atoms with Gasteiger partial charge in [0, 0.05) is 18.8 Å². The number of carbonyl (C=O) groups excluding carboxylic acids is 1. The van der Waals surface area contributed by atoms with E-state index in [0.29, 0.717) is 36.0 Å². The van der Waals surface area contributed by atoms with Gasteiger partial charge in [-0.15, -0.1) is 0 Å². The number of likely N-dealkylation sites (tertiary alicyclic amines) is 1. The molecule has 2 aliphatic heterocycles. The number of carbonyl (C=O) groups is 1. The van der Waals surface area contributed by atoms with Gasteiger partial charge in [0.15, 0.2) is 5.82 Å². The van der Waals surface area contributed by atoms with Gasteiger partial charge in [0.05, 0.1) is 23.2 Å². The van der Waals surface area contributed by atoms with Crippen LogP contribution in [0.15, 0.2) is 37.2 Å². The lowest BCUT2D eigenvalue weighted by molar-refractivity contribution is -0.127. The summed E-state index contributed by atoms with van der Waals surface area (Å²) in [5.41, 5.74) is 10.1. The first-order chi connectivity index (χ1) is 15.8. The topological polar surface area (TPSA) is 99.4 Å². The number of benzene rings is 1. The predicted octanol–water partition coefficient (Wildman–Crippen LogP) is 2.68. The Balaban J connectivity index is 1.54. The molecule has 33 heavy (non-hydrogen) atoms. The van der Waals surface area contributed by atoms with E-state index in [2.05, 4.69) is 39.1 Å². The van der Waals surface area contributed by atoms with Gasteiger partial charge in [-0.1, -0.05) is 30.0 Å². The van der Waals surface area contributed by atoms with E-state index in [1.807, 2.05) is 11.9 Å². The summed E-state index contributed by atoms with van der Waals surface area (Å²) >= 11 is 5.73. The number of nitrogen functional groups attached to an aromatic ring is 1. The zero-order valence-electron chi connectivity index (χ0n) is 18.2. The summed E-state index contributed by atoms with van der Waals surface area (Å²) in [6.07, 6.45) is 4.50. The largest absolute Gasteiger partial charge is 0.383 e. The number of nitrogens with zero attached hydrogens (tertiary/aromatic N) is 4. The molecule has 0 aliphatic carbocycles. The molecule has 2 aromatic rings. The molecule has 1 amide bonds. The fraction of sp³-hybridized carbons (Fsp3) is 0.348. The molecule has 1 aromatic carbocycles. The van der Waals surface area contributed by atoms with Crippen molar-refractivity contribution in [3.05, 3.63) is 53.6 Å². The summed E-state index contributed by atoms with van der Waals surface area (Å²) in [5, 5.41) is 5.08. The van der Waals surface area contributed by atoms with Crippen LogP contribution in [-0.2, 0) is 10.3 Å². The van der Waals surface area contributed by atoms with Gasteiger partial charge >= 0.3 is 0 Å². The maximum Gasteiger partial charge on any atom is 0.246 e. The molecule has 4 rings (SSSR count). The number of piperidine rings is 1. The van der Waals surface area contributed by atoms with Crippen molar-refractivity contribution in [2.45, 2.75) is 31.3 Å². The Hall–Kier alpha value is -3.35. The van der Waals surface area contributed by atoms with E-state index in [0.717, 1.165) is 12.8 Å². The third kappa shape index (κ3) is 4.58. The Kier molecular flexibility index (Phi) is 6.40. The highest BCUT2D eigenvalue weighted by Crippen LogP contribution is 2.40. The molecule has 0 spiro atoms. The number of hydrogen-bond donors (Lipinski definition) is 3. The number of aromatic nitrogens is 2. The van der Waals surface area contributed by atoms with Gasteiger partial charge < -0.3 is 16.0 Å². The number of nitrogens with one attached hydrogen (secondary N) is 2. The van der Waals surface area contributed by atoms with Crippen molar-refractivity contribution in [3.8, 4) is 11.8 Å². The second-order valence-corrected chi connectivity index (χ2v) is 8.54. The van der Waals surface area contributed by atoms with Gasteiger partial charge in [-0.3, -0.25) is 9.80 Å². The first kappa shape index (κ1) is 22.8. The van der Waals surface area contributed by atoms with E-state index in [-0.39, 0.29) is 23.5 Å². The van der Waals surface area contributed by atoms with Gasteiger partial charge in [0.25, 0.3) is 0 Å². The molecule has 0 bridgehead atoms. The molecule has 2 aliphatic rings. The van der Waals surface area contributed by atoms with Gasteiger partial charge in [-0.25, -0.2) is 19.8 Å². The summed E-state index contributed by atoms with van der Waals surface area (Å²) < 4.78 is 13.6. The number of hydrogen-bond acceptors (Lipinski definition) is 7. The van der Waals surface area contributed by atoms with Crippen LogP contribution in [0, 0.1) is 17.7 Å². The van der Waals surface area contributed by atoms with E-state index < -0.39 is 11.4 Å². The second-order valence-electron chi connectivity index (χ2n) is 8.13. The number of nitrogens with two attached hydrogens (primary N) is 1. The SMILES string of the molecule is C=CC(=O)N1CCC[C@@H](N2NC(C)(C#CCNc3ccc(Cl)c(F)c3)c3c(N)ncnc32)C1. The van der Waals surface area contributed by atoms with Crippen LogP contribution in [0.4, 0.5) is 21.7 Å². The Bertz CT molecular complexity index is 1150. The number of rotatable bonds is 4. The van der Waals surface area contributed by atoms with E-state index in [1.54, 1.807) is 11.0 Å². The van der Waals surface area contributed by atoms with E-state index >= 15 is 0 Å². The maximum atomic E-state index is 13.6. The average Bonchev–Trinajstić information content (AvgIpc) is 3.12. The third-order valence-corrected chi connectivity index (χ3v) is 6.12. The minimum absolute atomic E-state index is 0.00510. The molecule has 0 saturated carbocycles. The Morgan fingerprint density at radius 2 is 2.33 bits per heavy atom. The highest BCUT2D eigenvalue weighted by molar-refractivity contribution is 6.30. The van der Waals surface area contributed by atoms with Crippen molar-refractivity contribution in [2.75, 3.05) is 35.7 Å². The fourth-order valence-electron chi connectivity index (χ4n) is 4.22. The summed E-state index contributed by atoms with van der Waals surface area (Å²) in [6, 6.07) is 4.49. The zero-order valence-corrected chi connectivity index (χ0v) is 19.0. The molecule has 10 heteroatoms. The Morgan fingerprint density at radius 1 is 1.52 bits per heavy atom. The fourth-order valence-corrected chi connectivity index (χ4v) is 4.34. The molecule has 1 fully saturated rings. The predicted molar refractivity (Wildman–Crippen MR) is 127 cm³/mol. The number of fused-ring (bicyclic) bond motifs is 1. The van der Waals surface area contributed by atoms with Gasteiger partial charge in [-0.2, -0.15) is 0 Å². The van der Waals surface area contributed by atoms with Crippen molar-refractivity contribution in [3.63, 3.8) is 0 Å². The first-order valence-corrected chi connectivity index (χ1v) is 11.0. The van der Waals surface area contributed by atoms with Crippen LogP contribution in [0.5, 0.6) is 0 Å². The molecular formula is C23H25ClFN7O. The lowest BCUT2D eigenvalue weighted by Gasteiger charge is -2.38. The second kappa shape index (κ2) is 9.25. The highest BCUT2D eigenvalue weighted by atomic mass is 35.5. The van der Waals surface area contributed by atoms with Crippen molar-refractivity contribution in [2.24, 2.45) is 0 Å². The highest BCUT2D eigenvalue weighted by Gasteiger charge is 2.44. The molecule has 8 nitrogen and oxygen atoms in total. The van der Waals surface area contributed by atoms with Crippen LogP contribution in [0.2, 0.25) is 5.02 Å². The van der Waals surface area contributed by atoms with Crippen molar-refractivity contribution in [1.82, 2.24) is 20.3 Å². The number of amides is 1. The molecule has 1 saturated heterocycles. The number of halogens is 2. The summed E-state index contributed by atoms with van der Waals surface area (Å²) in [5.74, 6) is 6.72. The third-order valence-electron chi connectivity index (χ3n) is 5.82. The Labute approximate surface area is 197 Å². The Morgan fingerprint density at radius 3 is 3.09 bits per heavy atom. The first-order valence-electron chi connectivity index (χ1n) is 10.6. The average molecular weight is 470 g/mol. The lowest BCUT2D eigenvalue weighted by atomic mass is 9.95. The van der Waals surface area contributed by atoms with Crippen LogP contribution < -0.4 is 21.5 Å². The van der Waals surface area contributed by atoms with Crippen molar-refractivity contribution in [1.29, 1.82) is 0 Å².